The highest BCUT2D eigenvalue weighted by atomic mass is 16.2. The molecule has 0 spiro atoms. The van der Waals surface area contributed by atoms with E-state index in [1.807, 2.05) is 4.90 Å². The van der Waals surface area contributed by atoms with Gasteiger partial charge in [-0.05, 0) is 59.1 Å². The van der Waals surface area contributed by atoms with E-state index >= 15 is 0 Å². The van der Waals surface area contributed by atoms with Gasteiger partial charge in [0.15, 0.2) is 0 Å². The molecule has 0 aliphatic carbocycles. The highest BCUT2D eigenvalue weighted by molar-refractivity contribution is 5.98. The normalized spacial score (nSPS) is 29.8. The fourth-order valence-corrected chi connectivity index (χ4v) is 5.21. The average Bonchev–Trinajstić information content (AvgIpc) is 3.14. The van der Waals surface area contributed by atoms with E-state index in [1.165, 1.54) is 22.4 Å². The topological polar surface area (TPSA) is 52.7 Å². The second-order valence-corrected chi connectivity index (χ2v) is 9.16. The van der Waals surface area contributed by atoms with Gasteiger partial charge in [0, 0.05) is 17.6 Å². The molecule has 3 heterocycles. The first kappa shape index (κ1) is 19.7. The third-order valence-corrected chi connectivity index (χ3v) is 6.55. The van der Waals surface area contributed by atoms with Gasteiger partial charge in [0.1, 0.15) is 18.2 Å². The minimum atomic E-state index is -0.480. The highest BCUT2D eigenvalue weighted by Crippen LogP contribution is 2.56. The van der Waals surface area contributed by atoms with Crippen LogP contribution in [0.25, 0.3) is 0 Å². The van der Waals surface area contributed by atoms with Crippen molar-refractivity contribution < 1.29 is 9.59 Å². The Bertz CT molecular complexity index is 910. The molecule has 2 saturated heterocycles. The summed E-state index contributed by atoms with van der Waals surface area (Å²) in [6, 6.07) is 7.60. The Morgan fingerprint density at radius 3 is 2.52 bits per heavy atom. The van der Waals surface area contributed by atoms with Crippen molar-refractivity contribution >= 4 is 17.5 Å². The molecule has 0 radical (unpaired) electrons. The number of nitrogens with zero attached hydrogens (tertiary/aromatic N) is 2. The Hall–Kier alpha value is -2.56. The summed E-state index contributed by atoms with van der Waals surface area (Å²) in [4.78, 5) is 30.4. The maximum absolute atomic E-state index is 13.3. The van der Waals surface area contributed by atoms with Crippen LogP contribution in [0.3, 0.4) is 0 Å². The van der Waals surface area contributed by atoms with E-state index in [4.69, 9.17) is 0 Å². The number of nitrogens with one attached hydrogen (secondary N) is 1. The van der Waals surface area contributed by atoms with Crippen LogP contribution in [0.1, 0.15) is 53.0 Å². The Morgan fingerprint density at radius 1 is 1.14 bits per heavy atom. The summed E-state index contributed by atoms with van der Waals surface area (Å²) in [6.45, 7) is 10.9. The molecule has 4 atom stereocenters. The first-order chi connectivity index (χ1) is 13.8. The molecular formula is C24H31N3O2. The van der Waals surface area contributed by atoms with Gasteiger partial charge in [-0.15, -0.1) is 0 Å². The first-order valence-electron chi connectivity index (χ1n) is 10.5. The van der Waals surface area contributed by atoms with Crippen molar-refractivity contribution in [1.29, 1.82) is 0 Å². The molecule has 0 unspecified atom stereocenters. The van der Waals surface area contributed by atoms with E-state index < -0.39 is 12.1 Å². The first-order valence-corrected chi connectivity index (χ1v) is 10.5. The predicted molar refractivity (Wildman–Crippen MR) is 116 cm³/mol. The van der Waals surface area contributed by atoms with Gasteiger partial charge < -0.3 is 15.1 Å². The number of piperazine rings is 1. The van der Waals surface area contributed by atoms with E-state index in [0.29, 0.717) is 6.42 Å². The minimum absolute atomic E-state index is 0.0219. The zero-order chi connectivity index (χ0) is 20.9. The quantitative estimate of drug-likeness (QED) is 0.797. The lowest BCUT2D eigenvalue weighted by molar-refractivity contribution is -0.148. The van der Waals surface area contributed by atoms with Crippen molar-refractivity contribution in [3.05, 3.63) is 53.1 Å². The summed E-state index contributed by atoms with van der Waals surface area (Å²) in [5.74, 6) is -0.00333. The molecule has 154 valence electrons. The minimum Gasteiger partial charge on any atom is -0.346 e. The van der Waals surface area contributed by atoms with Gasteiger partial charge in [-0.1, -0.05) is 41.5 Å². The van der Waals surface area contributed by atoms with Crippen LogP contribution >= 0.6 is 0 Å². The molecule has 3 aliphatic rings. The van der Waals surface area contributed by atoms with Gasteiger partial charge in [0.05, 0.1) is 0 Å². The Morgan fingerprint density at radius 2 is 1.83 bits per heavy atom. The van der Waals surface area contributed by atoms with Crippen LogP contribution in [0.5, 0.6) is 0 Å². The number of benzene rings is 1. The molecule has 5 heteroatoms. The molecule has 1 aromatic rings. The zero-order valence-corrected chi connectivity index (χ0v) is 18.0. The second kappa shape index (κ2) is 7.05. The summed E-state index contributed by atoms with van der Waals surface area (Å²) >= 11 is 0. The molecule has 0 aromatic heterocycles. The van der Waals surface area contributed by atoms with Gasteiger partial charge in [0.2, 0.25) is 11.8 Å². The van der Waals surface area contributed by atoms with E-state index in [2.05, 4.69) is 74.3 Å². The van der Waals surface area contributed by atoms with Crippen molar-refractivity contribution in [2.45, 2.75) is 71.1 Å². The number of carbonyl (C=O) groups is 2. The van der Waals surface area contributed by atoms with Crippen molar-refractivity contribution in [3.8, 4) is 0 Å². The van der Waals surface area contributed by atoms with Crippen LogP contribution < -0.4 is 10.2 Å². The van der Waals surface area contributed by atoms with Crippen LogP contribution in [-0.4, -0.2) is 41.5 Å². The number of rotatable bonds is 4. The molecule has 3 aliphatic heterocycles. The molecule has 1 aromatic carbocycles. The van der Waals surface area contributed by atoms with E-state index in [1.54, 1.807) is 6.92 Å². The van der Waals surface area contributed by atoms with Crippen LogP contribution in [0.4, 0.5) is 5.69 Å². The number of allylic oxidation sites excluding steroid dienone is 3. The third-order valence-electron chi connectivity index (χ3n) is 6.55. The lowest BCUT2D eigenvalue weighted by Gasteiger charge is -2.42. The maximum Gasteiger partial charge on any atom is 0.247 e. The Balaban J connectivity index is 1.90. The van der Waals surface area contributed by atoms with Crippen LogP contribution in [-0.2, 0) is 15.0 Å². The van der Waals surface area contributed by atoms with Crippen LogP contribution in [0.2, 0.25) is 0 Å². The van der Waals surface area contributed by atoms with Gasteiger partial charge in [-0.2, -0.15) is 0 Å². The van der Waals surface area contributed by atoms with Gasteiger partial charge in [-0.25, -0.2) is 0 Å². The standard InChI is InChI=1S/C24H31N3O2/c1-15(2)10-12-24-14-20-21(28)25-17(5)22(29)27(20)23(24)26(13-11-16(3)4)19-9-7-6-8-18(19)24/h6-11,17,20,23H,12-14H2,1-5H3,(H,25,28)/t17-,20-,23+,24+/m0/s1. The SMILES string of the molecule is CC(C)=CCN1c2ccccc2[C@@]2(CC=C(C)C)C[C@H]3C(=O)N[C@@H](C)C(=O)N3[C@@H]12. The number of amides is 2. The lowest BCUT2D eigenvalue weighted by Crippen LogP contribution is -2.64. The summed E-state index contributed by atoms with van der Waals surface area (Å²) in [5.41, 5.74) is 4.67. The van der Waals surface area contributed by atoms with Crippen molar-refractivity contribution in [3.63, 3.8) is 0 Å². The number of fused-ring (bicyclic) bond motifs is 5. The Kier molecular flexibility index (Phi) is 4.80. The number of carbonyl (C=O) groups excluding carboxylic acids is 2. The lowest BCUT2D eigenvalue weighted by atomic mass is 9.75. The van der Waals surface area contributed by atoms with Crippen LogP contribution in [0, 0.1) is 0 Å². The molecule has 2 fully saturated rings. The summed E-state index contributed by atoms with van der Waals surface area (Å²) in [5, 5.41) is 2.88. The van der Waals surface area contributed by atoms with Crippen molar-refractivity contribution in [2.24, 2.45) is 0 Å². The monoisotopic (exact) mass is 393 g/mol. The van der Waals surface area contributed by atoms with E-state index in [9.17, 15) is 9.59 Å². The van der Waals surface area contributed by atoms with Crippen molar-refractivity contribution in [2.75, 3.05) is 11.4 Å². The maximum atomic E-state index is 13.3. The average molecular weight is 394 g/mol. The molecule has 4 rings (SSSR count). The molecular weight excluding hydrogens is 362 g/mol. The summed E-state index contributed by atoms with van der Waals surface area (Å²) in [6.07, 6.45) is 5.81. The predicted octanol–water partition coefficient (Wildman–Crippen LogP) is 3.51. The summed E-state index contributed by atoms with van der Waals surface area (Å²) in [7, 11) is 0. The van der Waals surface area contributed by atoms with Gasteiger partial charge >= 0.3 is 0 Å². The highest BCUT2D eigenvalue weighted by Gasteiger charge is 2.64. The smallest absolute Gasteiger partial charge is 0.247 e. The van der Waals surface area contributed by atoms with Crippen LogP contribution in [0.15, 0.2) is 47.6 Å². The molecule has 5 nitrogen and oxygen atoms in total. The summed E-state index contributed by atoms with van der Waals surface area (Å²) < 4.78 is 0. The fraction of sp³-hybridized carbons (Fsp3) is 0.500. The molecule has 0 saturated carbocycles. The third kappa shape index (κ3) is 2.98. The number of hydrogen-bond donors (Lipinski definition) is 1. The number of hydrogen-bond acceptors (Lipinski definition) is 3. The van der Waals surface area contributed by atoms with Gasteiger partial charge in [-0.3, -0.25) is 9.59 Å². The largest absolute Gasteiger partial charge is 0.346 e. The number of anilines is 1. The molecule has 0 bridgehead atoms. The number of para-hydroxylation sites is 1. The molecule has 29 heavy (non-hydrogen) atoms. The van der Waals surface area contributed by atoms with Crippen molar-refractivity contribution in [1.82, 2.24) is 10.2 Å². The van der Waals surface area contributed by atoms with Gasteiger partial charge in [0.25, 0.3) is 0 Å². The zero-order valence-electron chi connectivity index (χ0n) is 18.0. The fourth-order valence-electron chi connectivity index (χ4n) is 5.21. The van der Waals surface area contributed by atoms with E-state index in [-0.39, 0.29) is 23.4 Å². The molecule has 1 N–H and O–H groups in total. The second-order valence-electron chi connectivity index (χ2n) is 9.16. The van der Waals surface area contributed by atoms with E-state index in [0.717, 1.165) is 13.0 Å². The Labute approximate surface area is 173 Å². The molecule has 2 amide bonds.